The van der Waals surface area contributed by atoms with Crippen molar-refractivity contribution in [1.29, 1.82) is 5.26 Å². The standard InChI is InChI=1S/C23H21FN6OS2/c1-27-20-19(13-2-8-17(31)9-3-13)18(10-25)22(30-21(20)26)32-11-16-12-33-23(29-16)28-15-6-4-14(24)5-7-15/h4-7,12-13,17,31H,2-3,8-9,11H2,(H2,26,30)(H,28,29). The maximum atomic E-state index is 13.1. The summed E-state index contributed by atoms with van der Waals surface area (Å²) in [6, 6.07) is 8.29. The number of aliphatic hydroxyl groups excluding tert-OH is 1. The van der Waals surface area contributed by atoms with E-state index in [9.17, 15) is 14.8 Å². The molecular weight excluding hydrogens is 459 g/mol. The number of benzene rings is 1. The van der Waals surface area contributed by atoms with Gasteiger partial charge in [0.25, 0.3) is 0 Å². The molecule has 0 amide bonds. The number of pyridine rings is 1. The van der Waals surface area contributed by atoms with E-state index in [1.807, 2.05) is 5.38 Å². The third kappa shape index (κ3) is 5.25. The highest BCUT2D eigenvalue weighted by Crippen LogP contribution is 2.44. The molecule has 1 aromatic carbocycles. The number of nitrogens with one attached hydrogen (secondary N) is 1. The first-order valence-electron chi connectivity index (χ1n) is 10.4. The van der Waals surface area contributed by atoms with Crippen LogP contribution >= 0.6 is 23.1 Å². The lowest BCUT2D eigenvalue weighted by Crippen LogP contribution is -2.18. The van der Waals surface area contributed by atoms with Crippen LogP contribution in [0, 0.1) is 23.7 Å². The fourth-order valence-corrected chi connectivity index (χ4v) is 5.64. The normalized spacial score (nSPS) is 17.8. The van der Waals surface area contributed by atoms with Crippen molar-refractivity contribution in [3.8, 4) is 6.07 Å². The fourth-order valence-electron chi connectivity index (χ4n) is 3.91. The van der Waals surface area contributed by atoms with Gasteiger partial charge in [-0.05, 0) is 61.4 Å². The van der Waals surface area contributed by atoms with Crippen molar-refractivity contribution in [3.05, 3.63) is 63.7 Å². The molecule has 7 nitrogen and oxygen atoms in total. The van der Waals surface area contributed by atoms with Crippen LogP contribution in [-0.2, 0) is 5.75 Å². The van der Waals surface area contributed by atoms with Gasteiger partial charge in [-0.15, -0.1) is 11.3 Å². The Labute approximate surface area is 199 Å². The molecule has 0 atom stereocenters. The number of halogens is 1. The molecule has 1 fully saturated rings. The number of nitrogen functional groups attached to an aromatic ring is 1. The smallest absolute Gasteiger partial charge is 0.232 e. The van der Waals surface area contributed by atoms with E-state index in [1.54, 1.807) is 12.1 Å². The fraction of sp³-hybridized carbons (Fsp3) is 0.304. The third-order valence-electron chi connectivity index (χ3n) is 5.54. The molecule has 168 valence electrons. The second kappa shape index (κ2) is 10.2. The summed E-state index contributed by atoms with van der Waals surface area (Å²) >= 11 is 2.79. The van der Waals surface area contributed by atoms with Crippen LogP contribution in [0.3, 0.4) is 0 Å². The topological polar surface area (TPSA) is 112 Å². The van der Waals surface area contributed by atoms with Gasteiger partial charge >= 0.3 is 0 Å². The van der Waals surface area contributed by atoms with Crippen molar-refractivity contribution < 1.29 is 9.50 Å². The number of thiazole rings is 1. The summed E-state index contributed by atoms with van der Waals surface area (Å²) < 4.78 is 13.1. The van der Waals surface area contributed by atoms with Gasteiger partial charge in [0.2, 0.25) is 5.69 Å². The minimum absolute atomic E-state index is 0.00239. The van der Waals surface area contributed by atoms with E-state index < -0.39 is 0 Å². The molecular formula is C23H21FN6OS2. The van der Waals surface area contributed by atoms with Gasteiger partial charge in [-0.25, -0.2) is 19.2 Å². The molecule has 2 heterocycles. The van der Waals surface area contributed by atoms with Crippen molar-refractivity contribution in [3.63, 3.8) is 0 Å². The van der Waals surface area contributed by atoms with Crippen molar-refractivity contribution >= 4 is 45.4 Å². The lowest BCUT2D eigenvalue weighted by Gasteiger charge is -2.28. The molecule has 4 rings (SSSR count). The van der Waals surface area contributed by atoms with Crippen LogP contribution in [0.5, 0.6) is 0 Å². The molecule has 1 saturated carbocycles. The molecule has 3 aromatic rings. The molecule has 2 aromatic heterocycles. The summed E-state index contributed by atoms with van der Waals surface area (Å²) in [6.45, 7) is 7.57. The van der Waals surface area contributed by atoms with Gasteiger partial charge in [0.15, 0.2) is 5.13 Å². The molecule has 1 aliphatic carbocycles. The second-order valence-corrected chi connectivity index (χ2v) is 9.56. The first-order chi connectivity index (χ1) is 16.0. The van der Waals surface area contributed by atoms with Gasteiger partial charge < -0.3 is 16.2 Å². The minimum atomic E-state index is -0.335. The summed E-state index contributed by atoms with van der Waals surface area (Å²) in [5.41, 5.74) is 8.95. The lowest BCUT2D eigenvalue weighted by molar-refractivity contribution is 0.122. The van der Waals surface area contributed by atoms with E-state index in [-0.39, 0.29) is 29.3 Å². The molecule has 4 N–H and O–H groups in total. The number of rotatable bonds is 6. The minimum Gasteiger partial charge on any atom is -0.393 e. The first-order valence-corrected chi connectivity index (χ1v) is 12.2. The Balaban J connectivity index is 1.54. The summed E-state index contributed by atoms with van der Waals surface area (Å²) in [7, 11) is 0. The monoisotopic (exact) mass is 480 g/mol. The summed E-state index contributed by atoms with van der Waals surface area (Å²) in [5.74, 6) is 0.306. The van der Waals surface area contributed by atoms with Gasteiger partial charge in [0.05, 0.1) is 23.9 Å². The van der Waals surface area contributed by atoms with Gasteiger partial charge in [-0.3, -0.25) is 0 Å². The van der Waals surface area contributed by atoms with E-state index in [0.29, 0.717) is 52.7 Å². The van der Waals surface area contributed by atoms with Crippen LogP contribution in [0.1, 0.15) is 48.4 Å². The van der Waals surface area contributed by atoms with Crippen molar-refractivity contribution in [2.75, 3.05) is 11.1 Å². The number of nitrogens with two attached hydrogens (primary N) is 1. The molecule has 1 aliphatic rings. The lowest BCUT2D eigenvalue weighted by atomic mass is 9.81. The number of nitriles is 1. The Morgan fingerprint density at radius 2 is 2.00 bits per heavy atom. The Kier molecular flexibility index (Phi) is 7.09. The van der Waals surface area contributed by atoms with Crippen LogP contribution < -0.4 is 11.1 Å². The number of thioether (sulfide) groups is 1. The number of aromatic nitrogens is 2. The number of hydrogen-bond donors (Lipinski definition) is 3. The van der Waals surface area contributed by atoms with E-state index in [1.165, 1.54) is 35.2 Å². The maximum Gasteiger partial charge on any atom is 0.232 e. The van der Waals surface area contributed by atoms with Gasteiger partial charge in [-0.1, -0.05) is 11.8 Å². The van der Waals surface area contributed by atoms with E-state index in [4.69, 9.17) is 12.3 Å². The van der Waals surface area contributed by atoms with Crippen LogP contribution in [-0.4, -0.2) is 21.2 Å². The largest absolute Gasteiger partial charge is 0.393 e. The molecule has 0 unspecified atom stereocenters. The molecule has 0 spiro atoms. The summed E-state index contributed by atoms with van der Waals surface area (Å²) in [5, 5.41) is 26.0. The summed E-state index contributed by atoms with van der Waals surface area (Å²) in [6.07, 6.45) is 2.35. The van der Waals surface area contributed by atoms with Crippen molar-refractivity contribution in [2.24, 2.45) is 0 Å². The van der Waals surface area contributed by atoms with Gasteiger partial charge in [0, 0.05) is 16.8 Å². The molecule has 0 aliphatic heterocycles. The highest BCUT2D eigenvalue weighted by atomic mass is 32.2. The molecule has 0 saturated heterocycles. The summed E-state index contributed by atoms with van der Waals surface area (Å²) in [4.78, 5) is 12.5. The molecule has 33 heavy (non-hydrogen) atoms. The number of nitrogens with zero attached hydrogens (tertiary/aromatic N) is 4. The van der Waals surface area contributed by atoms with Crippen LogP contribution in [0.4, 0.5) is 26.7 Å². The Morgan fingerprint density at radius 3 is 2.67 bits per heavy atom. The third-order valence-corrected chi connectivity index (χ3v) is 7.35. The SMILES string of the molecule is [C-]#[N+]c1c(N)nc(SCc2csc(Nc3ccc(F)cc3)n2)c(C#N)c1C1CCC(O)CC1. The van der Waals surface area contributed by atoms with E-state index in [2.05, 4.69) is 26.2 Å². The van der Waals surface area contributed by atoms with Crippen LogP contribution in [0.15, 0.2) is 34.7 Å². The predicted molar refractivity (Wildman–Crippen MR) is 128 cm³/mol. The zero-order valence-electron chi connectivity index (χ0n) is 17.6. The molecule has 0 bridgehead atoms. The zero-order valence-corrected chi connectivity index (χ0v) is 19.2. The van der Waals surface area contributed by atoms with Crippen molar-refractivity contribution in [1.82, 2.24) is 9.97 Å². The number of aliphatic hydroxyl groups is 1. The Hall–Kier alpha value is -3.18. The van der Waals surface area contributed by atoms with Crippen LogP contribution in [0.2, 0.25) is 0 Å². The maximum absolute atomic E-state index is 13.1. The van der Waals surface area contributed by atoms with E-state index in [0.717, 1.165) is 11.4 Å². The quantitative estimate of drug-likeness (QED) is 0.305. The average molecular weight is 481 g/mol. The van der Waals surface area contributed by atoms with E-state index >= 15 is 0 Å². The average Bonchev–Trinajstić information content (AvgIpc) is 3.26. The van der Waals surface area contributed by atoms with Gasteiger partial charge in [0.1, 0.15) is 22.7 Å². The highest BCUT2D eigenvalue weighted by molar-refractivity contribution is 7.98. The van der Waals surface area contributed by atoms with Gasteiger partial charge in [-0.2, -0.15) is 5.26 Å². The first kappa shape index (κ1) is 23.0. The van der Waals surface area contributed by atoms with Crippen LogP contribution in [0.25, 0.3) is 4.85 Å². The Morgan fingerprint density at radius 1 is 1.27 bits per heavy atom. The number of anilines is 3. The van der Waals surface area contributed by atoms with Crippen molar-refractivity contribution in [2.45, 2.75) is 48.5 Å². The molecule has 10 heteroatoms. The zero-order chi connectivity index (χ0) is 23.4. The highest BCUT2D eigenvalue weighted by Gasteiger charge is 2.29. The molecule has 0 radical (unpaired) electrons. The number of hydrogen-bond acceptors (Lipinski definition) is 8. The Bertz CT molecular complexity index is 1220. The predicted octanol–water partition coefficient (Wildman–Crippen LogP) is 5.74. The second-order valence-electron chi connectivity index (χ2n) is 7.73.